The van der Waals surface area contributed by atoms with E-state index in [9.17, 15) is 9.90 Å². The van der Waals surface area contributed by atoms with Crippen LogP contribution in [-0.4, -0.2) is 33.4 Å². The van der Waals surface area contributed by atoms with Crippen molar-refractivity contribution in [1.29, 1.82) is 0 Å². The van der Waals surface area contributed by atoms with E-state index < -0.39 is 6.10 Å². The number of aliphatic hydroxyl groups is 1. The van der Waals surface area contributed by atoms with Crippen molar-refractivity contribution in [1.82, 2.24) is 15.1 Å². The molecule has 0 aromatic carbocycles. The monoisotopic (exact) mass is 253 g/mol. The first kappa shape index (κ1) is 14.7. The first-order valence-corrected chi connectivity index (χ1v) is 6.48. The molecule has 18 heavy (non-hydrogen) atoms. The van der Waals surface area contributed by atoms with Crippen LogP contribution in [0.1, 0.15) is 37.6 Å². The largest absolute Gasteiger partial charge is 0.391 e. The summed E-state index contributed by atoms with van der Waals surface area (Å²) in [5, 5.41) is 16.5. The Morgan fingerprint density at radius 1 is 1.56 bits per heavy atom. The average molecular weight is 253 g/mol. The first-order chi connectivity index (χ1) is 8.52. The van der Waals surface area contributed by atoms with E-state index in [0.29, 0.717) is 19.5 Å². The summed E-state index contributed by atoms with van der Waals surface area (Å²) in [4.78, 5) is 11.6. The lowest BCUT2D eigenvalue weighted by molar-refractivity contribution is -0.121. The van der Waals surface area contributed by atoms with Gasteiger partial charge in [-0.15, -0.1) is 0 Å². The highest BCUT2D eigenvalue weighted by atomic mass is 16.3. The van der Waals surface area contributed by atoms with Gasteiger partial charge in [0.25, 0.3) is 0 Å². The van der Waals surface area contributed by atoms with Gasteiger partial charge < -0.3 is 10.4 Å². The molecule has 0 aliphatic heterocycles. The maximum atomic E-state index is 11.6. The van der Waals surface area contributed by atoms with E-state index in [-0.39, 0.29) is 5.91 Å². The smallest absolute Gasteiger partial charge is 0.221 e. The molecule has 5 heteroatoms. The SMILES string of the molecule is CCCC(O)CNC(=O)CCn1nc(C)cc1C. The summed E-state index contributed by atoms with van der Waals surface area (Å²) in [5.41, 5.74) is 2.03. The maximum absolute atomic E-state index is 11.6. The third-order valence-electron chi connectivity index (χ3n) is 2.81. The summed E-state index contributed by atoms with van der Waals surface area (Å²) in [6.07, 6.45) is 1.59. The Hall–Kier alpha value is -1.36. The van der Waals surface area contributed by atoms with E-state index in [1.165, 1.54) is 0 Å². The van der Waals surface area contributed by atoms with Gasteiger partial charge in [0.15, 0.2) is 0 Å². The molecular weight excluding hydrogens is 230 g/mol. The van der Waals surface area contributed by atoms with Crippen molar-refractivity contribution in [2.75, 3.05) is 6.54 Å². The van der Waals surface area contributed by atoms with Gasteiger partial charge in [-0.2, -0.15) is 5.10 Å². The molecule has 0 bridgehead atoms. The van der Waals surface area contributed by atoms with Gasteiger partial charge in [-0.3, -0.25) is 9.48 Å². The molecular formula is C13H23N3O2. The summed E-state index contributed by atoms with van der Waals surface area (Å²) < 4.78 is 1.83. The Morgan fingerprint density at radius 3 is 2.83 bits per heavy atom. The highest BCUT2D eigenvalue weighted by Crippen LogP contribution is 2.02. The molecule has 1 amide bonds. The van der Waals surface area contributed by atoms with Crippen molar-refractivity contribution in [2.24, 2.45) is 0 Å². The standard InChI is InChI=1S/C13H23N3O2/c1-4-5-12(17)9-14-13(18)6-7-16-11(3)8-10(2)15-16/h8,12,17H,4-7,9H2,1-3H3,(H,14,18). The zero-order valence-electron chi connectivity index (χ0n) is 11.4. The molecule has 0 fully saturated rings. The van der Waals surface area contributed by atoms with Crippen molar-refractivity contribution < 1.29 is 9.90 Å². The predicted octanol–water partition coefficient (Wildman–Crippen LogP) is 1.17. The molecule has 1 rings (SSSR count). The number of aliphatic hydroxyl groups excluding tert-OH is 1. The summed E-state index contributed by atoms with van der Waals surface area (Å²) in [6.45, 7) is 6.83. The molecule has 0 radical (unpaired) electrons. The first-order valence-electron chi connectivity index (χ1n) is 6.48. The summed E-state index contributed by atoms with van der Waals surface area (Å²) in [7, 11) is 0. The molecule has 0 spiro atoms. The van der Waals surface area contributed by atoms with Gasteiger partial charge in [-0.05, 0) is 26.3 Å². The van der Waals surface area contributed by atoms with E-state index in [1.807, 2.05) is 31.5 Å². The minimum Gasteiger partial charge on any atom is -0.391 e. The van der Waals surface area contributed by atoms with Gasteiger partial charge in [-0.25, -0.2) is 0 Å². The van der Waals surface area contributed by atoms with Gasteiger partial charge in [0, 0.05) is 25.2 Å². The zero-order valence-corrected chi connectivity index (χ0v) is 11.4. The fourth-order valence-corrected chi connectivity index (χ4v) is 1.86. The van der Waals surface area contributed by atoms with Crippen molar-refractivity contribution in [2.45, 2.75) is 52.7 Å². The van der Waals surface area contributed by atoms with Crippen LogP contribution >= 0.6 is 0 Å². The second-order valence-corrected chi connectivity index (χ2v) is 4.65. The maximum Gasteiger partial charge on any atom is 0.221 e. The van der Waals surface area contributed by atoms with Crippen LogP contribution < -0.4 is 5.32 Å². The molecule has 1 aromatic rings. The van der Waals surface area contributed by atoms with E-state index in [2.05, 4.69) is 10.4 Å². The van der Waals surface area contributed by atoms with Gasteiger partial charge >= 0.3 is 0 Å². The van der Waals surface area contributed by atoms with Gasteiger partial charge in [0.1, 0.15) is 0 Å². The Bertz CT molecular complexity index is 388. The van der Waals surface area contributed by atoms with Crippen LogP contribution in [-0.2, 0) is 11.3 Å². The van der Waals surface area contributed by atoms with Gasteiger partial charge in [0.2, 0.25) is 5.91 Å². The molecule has 0 saturated carbocycles. The molecule has 102 valence electrons. The topological polar surface area (TPSA) is 67.2 Å². The molecule has 0 aliphatic rings. The Labute approximate surface area is 108 Å². The molecule has 1 heterocycles. The number of rotatable bonds is 7. The van der Waals surface area contributed by atoms with Crippen LogP contribution in [0.5, 0.6) is 0 Å². The summed E-state index contributed by atoms with van der Waals surface area (Å²) in [6, 6.07) is 1.99. The molecule has 0 saturated heterocycles. The predicted molar refractivity (Wildman–Crippen MR) is 70.2 cm³/mol. The molecule has 1 unspecified atom stereocenters. The highest BCUT2D eigenvalue weighted by Gasteiger charge is 2.07. The minimum atomic E-state index is -0.437. The highest BCUT2D eigenvalue weighted by molar-refractivity contribution is 5.75. The second kappa shape index (κ2) is 7.16. The number of aryl methyl sites for hydroxylation is 3. The Kier molecular flexibility index (Phi) is 5.85. The van der Waals surface area contributed by atoms with E-state index in [0.717, 1.165) is 24.2 Å². The summed E-state index contributed by atoms with van der Waals surface area (Å²) >= 11 is 0. The molecule has 1 aromatic heterocycles. The van der Waals surface area contributed by atoms with Crippen LogP contribution in [0.4, 0.5) is 0 Å². The van der Waals surface area contributed by atoms with E-state index in [1.54, 1.807) is 0 Å². The van der Waals surface area contributed by atoms with Gasteiger partial charge in [0.05, 0.1) is 11.8 Å². The number of hydrogen-bond donors (Lipinski definition) is 2. The van der Waals surface area contributed by atoms with Crippen LogP contribution in [0.25, 0.3) is 0 Å². The fourth-order valence-electron chi connectivity index (χ4n) is 1.86. The summed E-state index contributed by atoms with van der Waals surface area (Å²) in [5.74, 6) is -0.0438. The molecule has 2 N–H and O–H groups in total. The Morgan fingerprint density at radius 2 is 2.28 bits per heavy atom. The lowest BCUT2D eigenvalue weighted by atomic mass is 10.2. The normalized spacial score (nSPS) is 12.4. The van der Waals surface area contributed by atoms with Crippen LogP contribution in [0.2, 0.25) is 0 Å². The third kappa shape index (κ3) is 4.87. The van der Waals surface area contributed by atoms with Crippen molar-refractivity contribution >= 4 is 5.91 Å². The van der Waals surface area contributed by atoms with Gasteiger partial charge in [-0.1, -0.05) is 13.3 Å². The lowest BCUT2D eigenvalue weighted by Crippen LogP contribution is -2.32. The van der Waals surface area contributed by atoms with Crippen LogP contribution in [0.3, 0.4) is 0 Å². The van der Waals surface area contributed by atoms with Crippen LogP contribution in [0, 0.1) is 13.8 Å². The molecule has 0 aliphatic carbocycles. The number of nitrogens with zero attached hydrogens (tertiary/aromatic N) is 2. The number of carbonyl (C=O) groups is 1. The number of aromatic nitrogens is 2. The number of amides is 1. The quantitative estimate of drug-likeness (QED) is 0.766. The van der Waals surface area contributed by atoms with Crippen LogP contribution in [0.15, 0.2) is 6.07 Å². The second-order valence-electron chi connectivity index (χ2n) is 4.65. The number of nitrogens with one attached hydrogen (secondary N) is 1. The zero-order chi connectivity index (χ0) is 13.5. The number of hydrogen-bond acceptors (Lipinski definition) is 3. The van der Waals surface area contributed by atoms with Crippen molar-refractivity contribution in [3.05, 3.63) is 17.5 Å². The fraction of sp³-hybridized carbons (Fsp3) is 0.692. The third-order valence-corrected chi connectivity index (χ3v) is 2.81. The molecule has 5 nitrogen and oxygen atoms in total. The number of carbonyl (C=O) groups excluding carboxylic acids is 1. The van der Waals surface area contributed by atoms with Crippen molar-refractivity contribution in [3.8, 4) is 0 Å². The lowest BCUT2D eigenvalue weighted by Gasteiger charge is -2.11. The van der Waals surface area contributed by atoms with Crippen molar-refractivity contribution in [3.63, 3.8) is 0 Å². The average Bonchev–Trinajstić information content (AvgIpc) is 2.63. The molecule has 1 atom stereocenters. The minimum absolute atomic E-state index is 0.0438. The van der Waals surface area contributed by atoms with E-state index in [4.69, 9.17) is 0 Å². The van der Waals surface area contributed by atoms with E-state index >= 15 is 0 Å². The Balaban J connectivity index is 2.27.